The molecular weight excluding hydrogens is 693 g/mol. The molecule has 0 spiro atoms. The van der Waals surface area contributed by atoms with Crippen molar-refractivity contribution in [2.45, 2.75) is 117 Å². The molecule has 1 aliphatic heterocycles. The van der Waals surface area contributed by atoms with Gasteiger partial charge in [-0.25, -0.2) is 4.98 Å². The van der Waals surface area contributed by atoms with Gasteiger partial charge in [0.2, 0.25) is 23.6 Å². The number of benzene rings is 1. The first-order valence-electron chi connectivity index (χ1n) is 19.0. The minimum absolute atomic E-state index is 0.0394. The number of nitrogens with one attached hydrogen (secondary N) is 3. The fourth-order valence-corrected chi connectivity index (χ4v) is 8.39. The van der Waals surface area contributed by atoms with Gasteiger partial charge in [0.15, 0.2) is 0 Å². The average molecular weight is 757 g/mol. The Morgan fingerprint density at radius 1 is 0.925 bits per heavy atom. The third-order valence-corrected chi connectivity index (χ3v) is 11.4. The van der Waals surface area contributed by atoms with Gasteiger partial charge < -0.3 is 35.2 Å². The molecule has 0 radical (unpaired) electrons. The van der Waals surface area contributed by atoms with E-state index in [2.05, 4.69) is 20.9 Å². The summed E-state index contributed by atoms with van der Waals surface area (Å²) in [5.74, 6) is -1.48. The maximum absolute atomic E-state index is 14.2. The standard InChI is InChI=1S/C40H64N6O6S/c1-24(2)33(41-8)38(49)44-34(25(3)4)40(50)45(9)35(26(5)6)31(51-10)23-32(47)46-20-15-18-30(46)36(52-11)27(7)37(48)43-29(39-42-19-21-53-39)22-28-16-13-12-14-17-28/h12-14,16-17,19,21,24-27,29-31,33-36,41H,15,18,20,22-23H2,1-11H3,(H,43,48)(H,44,49)/t27-,29+,30+,31-,33+,34+,35+,36-/m1/s1. The Kier molecular flexibility index (Phi) is 17.4. The molecule has 0 unspecified atom stereocenters. The quantitative estimate of drug-likeness (QED) is 0.180. The van der Waals surface area contributed by atoms with Crippen LogP contribution in [0.3, 0.4) is 0 Å². The van der Waals surface area contributed by atoms with Gasteiger partial charge in [-0.1, -0.05) is 78.8 Å². The van der Waals surface area contributed by atoms with Crippen LogP contribution in [-0.2, 0) is 35.1 Å². The first-order valence-corrected chi connectivity index (χ1v) is 19.9. The highest BCUT2D eigenvalue weighted by molar-refractivity contribution is 7.09. The summed E-state index contributed by atoms with van der Waals surface area (Å²) in [4.78, 5) is 63.2. The van der Waals surface area contributed by atoms with Gasteiger partial charge in [0.1, 0.15) is 11.0 Å². The fourth-order valence-electron chi connectivity index (χ4n) is 7.70. The molecule has 1 fully saturated rings. The zero-order chi connectivity index (χ0) is 39.4. The average Bonchev–Trinajstić information content (AvgIpc) is 3.84. The summed E-state index contributed by atoms with van der Waals surface area (Å²) in [6.45, 7) is 14.1. The van der Waals surface area contributed by atoms with Crippen LogP contribution in [0.25, 0.3) is 0 Å². The summed E-state index contributed by atoms with van der Waals surface area (Å²) in [6, 6.07) is 7.75. The molecule has 0 bridgehead atoms. The molecule has 3 rings (SSSR count). The Hall–Kier alpha value is -3.39. The lowest BCUT2D eigenvalue weighted by atomic mass is 9.91. The monoisotopic (exact) mass is 756 g/mol. The SMILES string of the molecule is CN[C@H](C(=O)N[C@H](C(=O)N(C)[C@@H](C(C)C)[C@@H](CC(=O)N1CCC[C@H]1[C@H](OC)[C@@H](C)C(=O)N[C@@H](Cc1ccccc1)c1nccs1)OC)C(C)C)C(C)C. The number of amides is 4. The molecule has 1 aromatic carbocycles. The molecule has 2 heterocycles. The van der Waals surface area contributed by atoms with Gasteiger partial charge in [-0.3, -0.25) is 19.2 Å². The van der Waals surface area contributed by atoms with Crippen molar-refractivity contribution in [3.05, 3.63) is 52.5 Å². The molecule has 3 N–H and O–H groups in total. The number of methoxy groups -OCH3 is 2. The third-order valence-electron chi connectivity index (χ3n) is 10.6. The molecule has 296 valence electrons. The van der Waals surface area contributed by atoms with Crippen LogP contribution in [0.5, 0.6) is 0 Å². The maximum Gasteiger partial charge on any atom is 0.245 e. The van der Waals surface area contributed by atoms with Crippen molar-refractivity contribution < 1.29 is 28.7 Å². The lowest BCUT2D eigenvalue weighted by molar-refractivity contribution is -0.147. The topological polar surface area (TPSA) is 142 Å². The van der Waals surface area contributed by atoms with Crippen LogP contribution in [0, 0.1) is 23.7 Å². The van der Waals surface area contributed by atoms with E-state index in [1.807, 2.05) is 89.1 Å². The molecule has 1 saturated heterocycles. The second kappa shape index (κ2) is 20.9. The smallest absolute Gasteiger partial charge is 0.245 e. The summed E-state index contributed by atoms with van der Waals surface area (Å²) in [5, 5.41) is 12.0. The van der Waals surface area contributed by atoms with E-state index in [1.165, 1.54) is 11.3 Å². The van der Waals surface area contributed by atoms with E-state index in [1.54, 1.807) is 39.4 Å². The predicted molar refractivity (Wildman–Crippen MR) is 209 cm³/mol. The largest absolute Gasteiger partial charge is 0.379 e. The first-order chi connectivity index (χ1) is 25.2. The van der Waals surface area contributed by atoms with Crippen LogP contribution in [0.2, 0.25) is 0 Å². The second-order valence-corrected chi connectivity index (χ2v) is 16.2. The van der Waals surface area contributed by atoms with E-state index >= 15 is 0 Å². The van der Waals surface area contributed by atoms with E-state index in [-0.39, 0.29) is 59.9 Å². The predicted octanol–water partition coefficient (Wildman–Crippen LogP) is 4.46. The molecule has 13 heteroatoms. The molecule has 0 saturated carbocycles. The molecule has 8 atom stereocenters. The molecule has 1 aromatic heterocycles. The van der Waals surface area contributed by atoms with Crippen LogP contribution >= 0.6 is 11.3 Å². The highest BCUT2D eigenvalue weighted by Gasteiger charge is 2.43. The Bertz CT molecular complexity index is 1440. The first kappa shape index (κ1) is 44.0. The number of hydrogen-bond donors (Lipinski definition) is 3. The van der Waals surface area contributed by atoms with Gasteiger partial charge >= 0.3 is 0 Å². The molecule has 0 aliphatic carbocycles. The molecule has 2 aromatic rings. The van der Waals surface area contributed by atoms with Gasteiger partial charge in [0, 0.05) is 39.4 Å². The molecule has 1 aliphatic rings. The molecule has 4 amide bonds. The van der Waals surface area contributed by atoms with Crippen LogP contribution in [0.1, 0.15) is 84.3 Å². The zero-order valence-electron chi connectivity index (χ0n) is 33.6. The number of rotatable bonds is 20. The number of carbonyl (C=O) groups excluding carboxylic acids is 4. The van der Waals surface area contributed by atoms with Crippen molar-refractivity contribution in [1.82, 2.24) is 30.7 Å². The number of carbonyl (C=O) groups is 4. The van der Waals surface area contributed by atoms with Crippen LogP contribution < -0.4 is 16.0 Å². The number of thiazole rings is 1. The van der Waals surface area contributed by atoms with Gasteiger partial charge in [0.25, 0.3) is 0 Å². The lowest BCUT2D eigenvalue weighted by Gasteiger charge is -2.40. The molecule has 53 heavy (non-hydrogen) atoms. The van der Waals surface area contributed by atoms with E-state index in [0.29, 0.717) is 19.4 Å². The number of aromatic nitrogens is 1. The van der Waals surface area contributed by atoms with Crippen molar-refractivity contribution in [3.63, 3.8) is 0 Å². The normalized spacial score (nSPS) is 18.7. The fraction of sp³-hybridized carbons (Fsp3) is 0.675. The van der Waals surface area contributed by atoms with E-state index in [9.17, 15) is 19.2 Å². The second-order valence-electron chi connectivity index (χ2n) is 15.3. The minimum atomic E-state index is -0.752. The number of likely N-dealkylation sites (N-methyl/N-ethyl adjacent to an activating group) is 2. The van der Waals surface area contributed by atoms with Gasteiger partial charge in [-0.15, -0.1) is 11.3 Å². The highest BCUT2D eigenvalue weighted by atomic mass is 32.1. The highest BCUT2D eigenvalue weighted by Crippen LogP contribution is 2.30. The van der Waals surface area contributed by atoms with Crippen molar-refractivity contribution >= 4 is 35.0 Å². The Labute approximate surface area is 321 Å². The Morgan fingerprint density at radius 2 is 1.58 bits per heavy atom. The van der Waals surface area contributed by atoms with Crippen molar-refractivity contribution in [1.29, 1.82) is 0 Å². The number of hydrogen-bond acceptors (Lipinski definition) is 9. The van der Waals surface area contributed by atoms with Gasteiger partial charge in [-0.05, 0) is 49.6 Å². The summed E-state index contributed by atoms with van der Waals surface area (Å²) in [7, 11) is 6.61. The lowest BCUT2D eigenvalue weighted by Crippen LogP contribution is -2.59. The van der Waals surface area contributed by atoms with E-state index < -0.39 is 36.3 Å². The summed E-state index contributed by atoms with van der Waals surface area (Å²) in [5.41, 5.74) is 1.09. The van der Waals surface area contributed by atoms with Crippen molar-refractivity contribution in [2.75, 3.05) is 34.9 Å². The number of ether oxygens (including phenoxy) is 2. The van der Waals surface area contributed by atoms with Crippen molar-refractivity contribution in [2.24, 2.45) is 23.7 Å². The summed E-state index contributed by atoms with van der Waals surface area (Å²) in [6.07, 6.45) is 2.72. The Morgan fingerprint density at radius 3 is 2.11 bits per heavy atom. The minimum Gasteiger partial charge on any atom is -0.379 e. The van der Waals surface area contributed by atoms with Crippen LogP contribution in [0.4, 0.5) is 0 Å². The zero-order valence-corrected chi connectivity index (χ0v) is 34.4. The van der Waals surface area contributed by atoms with Crippen LogP contribution in [-0.4, -0.2) is 110 Å². The summed E-state index contributed by atoms with van der Waals surface area (Å²) < 4.78 is 12.0. The summed E-state index contributed by atoms with van der Waals surface area (Å²) >= 11 is 1.50. The third kappa shape index (κ3) is 11.6. The van der Waals surface area contributed by atoms with Gasteiger partial charge in [0.05, 0.1) is 48.7 Å². The maximum atomic E-state index is 14.2. The number of likely N-dealkylation sites (tertiary alicyclic amines) is 1. The Balaban J connectivity index is 1.76. The molecule has 12 nitrogen and oxygen atoms in total. The molecular formula is C40H64N6O6S. The van der Waals surface area contributed by atoms with Crippen molar-refractivity contribution in [3.8, 4) is 0 Å². The van der Waals surface area contributed by atoms with Crippen LogP contribution in [0.15, 0.2) is 41.9 Å². The van der Waals surface area contributed by atoms with E-state index in [0.717, 1.165) is 17.0 Å². The number of nitrogens with zero attached hydrogens (tertiary/aromatic N) is 3. The van der Waals surface area contributed by atoms with Gasteiger partial charge in [-0.2, -0.15) is 0 Å². The van der Waals surface area contributed by atoms with E-state index in [4.69, 9.17) is 9.47 Å².